The highest BCUT2D eigenvalue weighted by molar-refractivity contribution is 5.78. The Morgan fingerprint density at radius 1 is 1.31 bits per heavy atom. The van der Waals surface area contributed by atoms with Gasteiger partial charge in [0.15, 0.2) is 0 Å². The summed E-state index contributed by atoms with van der Waals surface area (Å²) in [4.78, 5) is 11.0. The molecule has 1 aromatic carbocycles. The van der Waals surface area contributed by atoms with Crippen LogP contribution in [0.2, 0.25) is 0 Å². The van der Waals surface area contributed by atoms with E-state index in [9.17, 15) is 4.79 Å². The van der Waals surface area contributed by atoms with Gasteiger partial charge in [-0.3, -0.25) is 4.79 Å². The summed E-state index contributed by atoms with van der Waals surface area (Å²) in [6.07, 6.45) is 7.02. The molecule has 1 N–H and O–H groups in total. The van der Waals surface area contributed by atoms with Crippen LogP contribution in [0.15, 0.2) is 48.2 Å². The Hall–Kier alpha value is -1.83. The van der Waals surface area contributed by atoms with Crippen LogP contribution in [0, 0.1) is 0 Å². The number of carbonyl (C=O) groups is 1. The lowest BCUT2D eigenvalue weighted by Crippen LogP contribution is -2.38. The van der Waals surface area contributed by atoms with E-state index in [-0.39, 0.29) is 5.54 Å². The minimum Gasteiger partial charge on any atom is -0.376 e. The zero-order valence-electron chi connectivity index (χ0n) is 9.53. The molecule has 1 aromatic rings. The highest BCUT2D eigenvalue weighted by atomic mass is 16.1. The molecule has 1 aliphatic heterocycles. The first-order valence-corrected chi connectivity index (χ1v) is 5.35. The predicted molar refractivity (Wildman–Crippen MR) is 65.2 cm³/mol. The number of rotatable bonds is 2. The van der Waals surface area contributed by atoms with E-state index in [1.165, 1.54) is 0 Å². The fourth-order valence-corrected chi connectivity index (χ4v) is 2.11. The van der Waals surface area contributed by atoms with Crippen LogP contribution in [-0.2, 0) is 5.54 Å². The van der Waals surface area contributed by atoms with Gasteiger partial charge in [-0.2, -0.15) is 0 Å². The molecule has 1 atom stereocenters. The van der Waals surface area contributed by atoms with Gasteiger partial charge in [0, 0.05) is 11.3 Å². The second kappa shape index (κ2) is 3.97. The fourth-order valence-electron chi connectivity index (χ4n) is 2.11. The molecule has 0 aliphatic carbocycles. The summed E-state index contributed by atoms with van der Waals surface area (Å²) in [7, 11) is 0. The second-order valence-electron chi connectivity index (χ2n) is 4.24. The summed E-state index contributed by atoms with van der Waals surface area (Å²) in [5.74, 6) is 0. The van der Waals surface area contributed by atoms with E-state index in [1.54, 1.807) is 0 Å². The third kappa shape index (κ3) is 1.78. The van der Waals surface area contributed by atoms with Crippen LogP contribution in [0.4, 0.5) is 0 Å². The SMILES string of the molecule is CC1=CC=CC(C)(c2ccccc2C=O)N1. The maximum absolute atomic E-state index is 11.0. The van der Waals surface area contributed by atoms with E-state index < -0.39 is 0 Å². The molecule has 0 spiro atoms. The monoisotopic (exact) mass is 213 g/mol. The highest BCUT2D eigenvalue weighted by Gasteiger charge is 2.26. The van der Waals surface area contributed by atoms with Gasteiger partial charge in [0.1, 0.15) is 6.29 Å². The second-order valence-corrected chi connectivity index (χ2v) is 4.24. The average Bonchev–Trinajstić information content (AvgIpc) is 2.29. The smallest absolute Gasteiger partial charge is 0.150 e. The molecule has 0 bridgehead atoms. The maximum atomic E-state index is 11.0. The first kappa shape index (κ1) is 10.7. The molecule has 16 heavy (non-hydrogen) atoms. The molecule has 82 valence electrons. The van der Waals surface area contributed by atoms with Crippen LogP contribution in [0.3, 0.4) is 0 Å². The van der Waals surface area contributed by atoms with Crippen LogP contribution in [0.1, 0.15) is 29.8 Å². The van der Waals surface area contributed by atoms with Gasteiger partial charge < -0.3 is 5.32 Å². The molecule has 0 fully saturated rings. The molecular weight excluding hydrogens is 198 g/mol. The Balaban J connectivity index is 2.48. The first-order chi connectivity index (χ1) is 7.65. The van der Waals surface area contributed by atoms with Crippen molar-refractivity contribution < 1.29 is 4.79 Å². The summed E-state index contributed by atoms with van der Waals surface area (Å²) in [6, 6.07) is 7.67. The van der Waals surface area contributed by atoms with Crippen LogP contribution < -0.4 is 5.32 Å². The van der Waals surface area contributed by atoms with Crippen LogP contribution >= 0.6 is 0 Å². The Morgan fingerprint density at radius 3 is 2.75 bits per heavy atom. The summed E-state index contributed by atoms with van der Waals surface area (Å²) in [6.45, 7) is 4.09. The maximum Gasteiger partial charge on any atom is 0.150 e. The van der Waals surface area contributed by atoms with Crippen molar-refractivity contribution in [1.29, 1.82) is 0 Å². The van der Waals surface area contributed by atoms with Crippen LogP contribution in [0.5, 0.6) is 0 Å². The number of hydrogen-bond donors (Lipinski definition) is 1. The van der Waals surface area contributed by atoms with E-state index in [4.69, 9.17) is 0 Å². The lowest BCUT2D eigenvalue weighted by Gasteiger charge is -2.32. The van der Waals surface area contributed by atoms with E-state index in [1.807, 2.05) is 43.3 Å². The number of benzene rings is 1. The molecule has 0 aromatic heterocycles. The molecule has 0 saturated carbocycles. The van der Waals surface area contributed by atoms with Crippen molar-refractivity contribution in [3.8, 4) is 0 Å². The first-order valence-electron chi connectivity index (χ1n) is 5.35. The summed E-state index contributed by atoms with van der Waals surface area (Å²) < 4.78 is 0. The summed E-state index contributed by atoms with van der Waals surface area (Å²) in [5.41, 5.74) is 2.55. The molecule has 2 heteroatoms. The average molecular weight is 213 g/mol. The standard InChI is InChI=1S/C14H15NO/c1-11-6-5-9-14(2,15-11)13-8-4-3-7-12(13)10-16/h3-10,15H,1-2H3. The largest absolute Gasteiger partial charge is 0.376 e. The fraction of sp³-hybridized carbons (Fsp3) is 0.214. The van der Waals surface area contributed by atoms with Gasteiger partial charge in [0.2, 0.25) is 0 Å². The highest BCUT2D eigenvalue weighted by Crippen LogP contribution is 2.28. The van der Waals surface area contributed by atoms with Crippen molar-refractivity contribution in [1.82, 2.24) is 5.32 Å². The van der Waals surface area contributed by atoms with E-state index in [0.717, 1.165) is 23.1 Å². The van der Waals surface area contributed by atoms with Crippen molar-refractivity contribution in [2.24, 2.45) is 0 Å². The number of nitrogens with one attached hydrogen (secondary N) is 1. The Labute approximate surface area is 95.7 Å². The van der Waals surface area contributed by atoms with E-state index in [2.05, 4.69) is 18.3 Å². The minimum atomic E-state index is -0.295. The Morgan fingerprint density at radius 2 is 2.06 bits per heavy atom. The number of allylic oxidation sites excluding steroid dienone is 3. The van der Waals surface area contributed by atoms with Gasteiger partial charge >= 0.3 is 0 Å². The molecular formula is C14H15NO. The van der Waals surface area contributed by atoms with E-state index in [0.29, 0.717) is 0 Å². The minimum absolute atomic E-state index is 0.295. The van der Waals surface area contributed by atoms with Gasteiger partial charge in [-0.05, 0) is 25.5 Å². The molecule has 1 aliphatic rings. The lowest BCUT2D eigenvalue weighted by atomic mass is 9.86. The Kier molecular flexibility index (Phi) is 2.65. The molecule has 2 nitrogen and oxygen atoms in total. The number of dihydropyridines is 1. The summed E-state index contributed by atoms with van der Waals surface area (Å²) in [5, 5.41) is 3.40. The van der Waals surface area contributed by atoms with E-state index >= 15 is 0 Å². The lowest BCUT2D eigenvalue weighted by molar-refractivity contribution is 0.112. The third-order valence-electron chi connectivity index (χ3n) is 2.88. The zero-order valence-corrected chi connectivity index (χ0v) is 9.53. The Bertz CT molecular complexity index is 473. The van der Waals surface area contributed by atoms with Crippen LogP contribution in [-0.4, -0.2) is 6.29 Å². The quantitative estimate of drug-likeness (QED) is 0.765. The van der Waals surface area contributed by atoms with Gasteiger partial charge in [-0.25, -0.2) is 0 Å². The molecule has 1 unspecified atom stereocenters. The third-order valence-corrected chi connectivity index (χ3v) is 2.88. The van der Waals surface area contributed by atoms with Crippen molar-refractivity contribution in [3.63, 3.8) is 0 Å². The van der Waals surface area contributed by atoms with Gasteiger partial charge in [-0.15, -0.1) is 0 Å². The van der Waals surface area contributed by atoms with Gasteiger partial charge in [-0.1, -0.05) is 36.4 Å². The molecule has 0 radical (unpaired) electrons. The van der Waals surface area contributed by atoms with Gasteiger partial charge in [0.25, 0.3) is 0 Å². The predicted octanol–water partition coefficient (Wildman–Crippen LogP) is 2.78. The molecule has 2 rings (SSSR count). The topological polar surface area (TPSA) is 29.1 Å². The normalized spacial score (nSPS) is 23.5. The zero-order chi connectivity index (χ0) is 11.6. The van der Waals surface area contributed by atoms with Crippen molar-refractivity contribution in [2.75, 3.05) is 0 Å². The molecule has 0 saturated heterocycles. The number of carbonyl (C=O) groups excluding carboxylic acids is 1. The number of hydrogen-bond acceptors (Lipinski definition) is 2. The van der Waals surface area contributed by atoms with Crippen molar-refractivity contribution in [2.45, 2.75) is 19.4 Å². The van der Waals surface area contributed by atoms with Crippen LogP contribution in [0.25, 0.3) is 0 Å². The molecule has 0 amide bonds. The summed E-state index contributed by atoms with van der Waals surface area (Å²) >= 11 is 0. The van der Waals surface area contributed by atoms with Gasteiger partial charge in [0.05, 0.1) is 5.54 Å². The van der Waals surface area contributed by atoms with Crippen molar-refractivity contribution in [3.05, 3.63) is 59.3 Å². The number of aldehydes is 1. The van der Waals surface area contributed by atoms with Crippen molar-refractivity contribution >= 4 is 6.29 Å². The molecule has 1 heterocycles.